The van der Waals surface area contributed by atoms with Crippen LogP contribution < -0.4 is 0 Å². The van der Waals surface area contributed by atoms with Crippen LogP contribution in [0.4, 0.5) is 0 Å². The largest absolute Gasteiger partial charge is 0.465 e. The molecule has 2 atom stereocenters. The Morgan fingerprint density at radius 1 is 0.509 bits per heavy atom. The van der Waals surface area contributed by atoms with Gasteiger partial charge in [-0.05, 0) is 76.3 Å². The third-order valence-electron chi connectivity index (χ3n) is 12.2. The Kier molecular flexibility index (Phi) is 36.1. The van der Waals surface area contributed by atoms with Gasteiger partial charge in [-0.15, -0.1) is 0 Å². The van der Waals surface area contributed by atoms with Gasteiger partial charge in [0.25, 0.3) is 0 Å². The standard InChI is InChI=1S/C48H94N2O5/c1-5-9-13-17-19-23-30-44(28-21-15-11-7-3)42-54-47(52)34-26-36-49(38-39-50(40-41-51)46-32-25-33-46)37-27-35-48(53)55-43-45(29-22-16-12-8-4)31-24-20-18-14-10-6-2/h44-46,51H,5-43H2,1-4H3. The molecule has 7 nitrogen and oxygen atoms in total. The van der Waals surface area contributed by atoms with Crippen LogP contribution in [-0.2, 0) is 19.1 Å². The van der Waals surface area contributed by atoms with Crippen LogP contribution >= 0.6 is 0 Å². The number of nitrogens with zero attached hydrogens (tertiary/aromatic N) is 2. The zero-order valence-corrected chi connectivity index (χ0v) is 37.3. The van der Waals surface area contributed by atoms with Crippen molar-refractivity contribution in [2.24, 2.45) is 11.8 Å². The SMILES string of the molecule is CCCCCCCCC(CCCCCC)COC(=O)CCCN(CCCC(=O)OCC(CCCCCC)CCCCCCCC)CCN(CCO)C1CCC1. The molecular formula is C48H94N2O5. The molecule has 1 aliphatic rings. The number of unbranched alkanes of at least 4 members (excludes halogenated alkanes) is 16. The molecule has 1 N–H and O–H groups in total. The quantitative estimate of drug-likeness (QED) is 0.0488. The maximum absolute atomic E-state index is 13.0. The monoisotopic (exact) mass is 779 g/mol. The molecule has 55 heavy (non-hydrogen) atoms. The molecule has 0 bridgehead atoms. The van der Waals surface area contributed by atoms with E-state index in [2.05, 4.69) is 37.5 Å². The second-order valence-corrected chi connectivity index (χ2v) is 17.3. The summed E-state index contributed by atoms with van der Waals surface area (Å²) >= 11 is 0. The Balaban J connectivity index is 2.60. The zero-order chi connectivity index (χ0) is 40.0. The van der Waals surface area contributed by atoms with Gasteiger partial charge in [-0.3, -0.25) is 14.5 Å². The summed E-state index contributed by atoms with van der Waals surface area (Å²) in [6, 6.07) is 0.580. The van der Waals surface area contributed by atoms with Crippen molar-refractivity contribution in [3.05, 3.63) is 0 Å². The summed E-state index contributed by atoms with van der Waals surface area (Å²) in [5.74, 6) is 0.844. The average molecular weight is 779 g/mol. The summed E-state index contributed by atoms with van der Waals surface area (Å²) in [5, 5.41) is 9.72. The van der Waals surface area contributed by atoms with Crippen LogP contribution in [-0.4, -0.2) is 85.4 Å². The zero-order valence-electron chi connectivity index (χ0n) is 37.3. The van der Waals surface area contributed by atoms with E-state index in [0.29, 0.717) is 50.5 Å². The normalized spacial score (nSPS) is 14.4. The fraction of sp³-hybridized carbons (Fsp3) is 0.958. The topological polar surface area (TPSA) is 79.3 Å². The van der Waals surface area contributed by atoms with E-state index < -0.39 is 0 Å². The number of hydrogen-bond donors (Lipinski definition) is 1. The van der Waals surface area contributed by atoms with Gasteiger partial charge in [0.1, 0.15) is 0 Å². The summed E-state index contributed by atoms with van der Waals surface area (Å²) in [5.41, 5.74) is 0. The van der Waals surface area contributed by atoms with Crippen LogP contribution in [0.1, 0.15) is 227 Å². The Morgan fingerprint density at radius 2 is 0.891 bits per heavy atom. The first-order chi connectivity index (χ1) is 27.0. The molecule has 1 aliphatic carbocycles. The lowest BCUT2D eigenvalue weighted by atomic mass is 9.91. The molecule has 0 aliphatic heterocycles. The van der Waals surface area contributed by atoms with Gasteiger partial charge in [0.2, 0.25) is 0 Å². The highest BCUT2D eigenvalue weighted by Gasteiger charge is 2.25. The molecule has 0 saturated heterocycles. The van der Waals surface area contributed by atoms with Crippen molar-refractivity contribution in [3.8, 4) is 0 Å². The summed E-state index contributed by atoms with van der Waals surface area (Å²) < 4.78 is 11.8. The van der Waals surface area contributed by atoms with Gasteiger partial charge in [-0.2, -0.15) is 0 Å². The highest BCUT2D eigenvalue weighted by atomic mass is 16.5. The van der Waals surface area contributed by atoms with Crippen molar-refractivity contribution in [3.63, 3.8) is 0 Å². The minimum Gasteiger partial charge on any atom is -0.465 e. The fourth-order valence-corrected chi connectivity index (χ4v) is 8.19. The van der Waals surface area contributed by atoms with E-state index in [0.717, 1.165) is 39.0 Å². The summed E-state index contributed by atoms with van der Waals surface area (Å²) in [7, 11) is 0. The van der Waals surface area contributed by atoms with E-state index in [1.807, 2.05) is 0 Å². The molecule has 326 valence electrons. The number of aliphatic hydroxyl groups is 1. The molecule has 0 aromatic heterocycles. The van der Waals surface area contributed by atoms with Gasteiger partial charge in [0.15, 0.2) is 0 Å². The third kappa shape index (κ3) is 30.6. The predicted octanol–water partition coefficient (Wildman–Crippen LogP) is 12.5. The number of ether oxygens (including phenoxy) is 2. The molecule has 0 aromatic carbocycles. The Bertz CT molecular complexity index is 798. The van der Waals surface area contributed by atoms with Crippen LogP contribution in [0.25, 0.3) is 0 Å². The van der Waals surface area contributed by atoms with E-state index in [4.69, 9.17) is 9.47 Å². The lowest BCUT2D eigenvalue weighted by Crippen LogP contribution is -2.46. The Hall–Kier alpha value is -1.18. The van der Waals surface area contributed by atoms with Gasteiger partial charge < -0.3 is 19.5 Å². The van der Waals surface area contributed by atoms with Crippen molar-refractivity contribution in [2.45, 2.75) is 233 Å². The highest BCUT2D eigenvalue weighted by Crippen LogP contribution is 2.25. The molecule has 7 heteroatoms. The fourth-order valence-electron chi connectivity index (χ4n) is 8.19. The average Bonchev–Trinajstić information content (AvgIpc) is 3.16. The number of aliphatic hydroxyl groups excluding tert-OH is 1. The minimum atomic E-state index is -0.0633. The van der Waals surface area contributed by atoms with Gasteiger partial charge >= 0.3 is 11.9 Å². The van der Waals surface area contributed by atoms with E-state index in [1.54, 1.807) is 0 Å². The van der Waals surface area contributed by atoms with Crippen LogP contribution in [0.2, 0.25) is 0 Å². The first-order valence-electron chi connectivity index (χ1n) is 24.4. The van der Waals surface area contributed by atoms with Gasteiger partial charge in [-0.1, -0.05) is 163 Å². The number of rotatable bonds is 42. The third-order valence-corrected chi connectivity index (χ3v) is 12.2. The lowest BCUT2D eigenvalue weighted by molar-refractivity contribution is -0.146. The van der Waals surface area contributed by atoms with Gasteiger partial charge in [0, 0.05) is 38.5 Å². The molecular weight excluding hydrogens is 685 g/mol. The van der Waals surface area contributed by atoms with E-state index in [1.165, 1.54) is 173 Å². The molecule has 1 fully saturated rings. The van der Waals surface area contributed by atoms with E-state index in [-0.39, 0.29) is 18.5 Å². The number of carbonyl (C=O) groups is 2. The second kappa shape index (κ2) is 38.3. The number of esters is 2. The second-order valence-electron chi connectivity index (χ2n) is 17.3. The van der Waals surface area contributed by atoms with Crippen molar-refractivity contribution >= 4 is 11.9 Å². The van der Waals surface area contributed by atoms with Gasteiger partial charge in [0.05, 0.1) is 19.8 Å². The Morgan fingerprint density at radius 3 is 1.25 bits per heavy atom. The summed E-state index contributed by atoms with van der Waals surface area (Å²) in [4.78, 5) is 30.8. The number of hydrogen-bond acceptors (Lipinski definition) is 7. The predicted molar refractivity (Wildman–Crippen MR) is 234 cm³/mol. The lowest BCUT2D eigenvalue weighted by Gasteiger charge is -2.38. The first kappa shape index (κ1) is 51.8. The molecule has 2 unspecified atom stereocenters. The van der Waals surface area contributed by atoms with Crippen LogP contribution in [0.3, 0.4) is 0 Å². The molecule has 1 rings (SSSR count). The minimum absolute atomic E-state index is 0.0633. The van der Waals surface area contributed by atoms with Crippen molar-refractivity contribution in [1.29, 1.82) is 0 Å². The van der Waals surface area contributed by atoms with Gasteiger partial charge in [-0.25, -0.2) is 0 Å². The van der Waals surface area contributed by atoms with Crippen LogP contribution in [0, 0.1) is 11.8 Å². The van der Waals surface area contributed by atoms with Crippen molar-refractivity contribution in [2.75, 3.05) is 52.5 Å². The molecule has 0 amide bonds. The van der Waals surface area contributed by atoms with Crippen LogP contribution in [0.5, 0.6) is 0 Å². The first-order valence-corrected chi connectivity index (χ1v) is 24.4. The molecule has 0 heterocycles. The van der Waals surface area contributed by atoms with Crippen molar-refractivity contribution in [1.82, 2.24) is 9.80 Å². The maximum atomic E-state index is 13.0. The summed E-state index contributed by atoms with van der Waals surface area (Å²) in [6.45, 7) is 14.5. The Labute approximate surface area is 342 Å². The molecule has 0 aromatic rings. The molecule has 1 saturated carbocycles. The number of carbonyl (C=O) groups excluding carboxylic acids is 2. The van der Waals surface area contributed by atoms with E-state index in [9.17, 15) is 14.7 Å². The van der Waals surface area contributed by atoms with Crippen LogP contribution in [0.15, 0.2) is 0 Å². The highest BCUT2D eigenvalue weighted by molar-refractivity contribution is 5.69. The summed E-state index contributed by atoms with van der Waals surface area (Å²) in [6.07, 6.45) is 36.6. The maximum Gasteiger partial charge on any atom is 0.305 e. The van der Waals surface area contributed by atoms with E-state index >= 15 is 0 Å². The van der Waals surface area contributed by atoms with Crippen molar-refractivity contribution < 1.29 is 24.2 Å². The molecule has 0 radical (unpaired) electrons. The smallest absolute Gasteiger partial charge is 0.305 e. The molecule has 0 spiro atoms.